The first-order valence-electron chi connectivity index (χ1n) is 24.9. The normalized spacial score (nSPS) is 14.5. The number of hydrogen-bond acceptors (Lipinski definition) is 8. The van der Waals surface area contributed by atoms with Gasteiger partial charge in [-0.05, 0) is 83.5 Å². The Labute approximate surface area is 380 Å². The van der Waals surface area contributed by atoms with Crippen LogP contribution in [0.25, 0.3) is 0 Å². The maximum atomic E-state index is 12.7. The SMILES string of the molecule is CC/C=C\C/C=C\C/C=C\C/C=C\CCCCCCCCCCC(=O)OC(COCCCCCCCCCCCC/C=C\C/C=C\CCCCC)COP(=O)(O)OCC(O)CO. The summed E-state index contributed by atoms with van der Waals surface area (Å²) in [5, 5.41) is 18.4. The quantitative estimate of drug-likeness (QED) is 0.0236. The van der Waals surface area contributed by atoms with Gasteiger partial charge >= 0.3 is 13.8 Å². The number of aliphatic hydroxyl groups is 2. The topological polar surface area (TPSA) is 132 Å². The summed E-state index contributed by atoms with van der Waals surface area (Å²) >= 11 is 0. The van der Waals surface area contributed by atoms with Crippen LogP contribution in [0.2, 0.25) is 0 Å². The van der Waals surface area contributed by atoms with Crippen molar-refractivity contribution in [2.75, 3.05) is 33.0 Å². The molecule has 0 aliphatic rings. The lowest BCUT2D eigenvalue weighted by Gasteiger charge is -2.20. The highest BCUT2D eigenvalue weighted by atomic mass is 31.2. The zero-order valence-corrected chi connectivity index (χ0v) is 40.5. The molecule has 0 heterocycles. The van der Waals surface area contributed by atoms with E-state index in [1.807, 2.05) is 0 Å². The van der Waals surface area contributed by atoms with Crippen LogP contribution in [0.4, 0.5) is 0 Å². The van der Waals surface area contributed by atoms with Crippen molar-refractivity contribution < 1.29 is 43.0 Å². The molecule has 0 rings (SSSR count). The second kappa shape index (κ2) is 48.4. The molecule has 3 unspecified atom stereocenters. The summed E-state index contributed by atoms with van der Waals surface area (Å²) in [6, 6.07) is 0. The average molecular weight is 893 g/mol. The Kier molecular flexibility index (Phi) is 46.7. The standard InChI is InChI=1S/C52H93O9P/c1-3-5-7-9-11-13-15-17-19-21-23-25-26-28-30-32-34-36-38-40-42-44-52(55)61-51(49-60-62(56,57)59-47-50(54)46-53)48-58-45-43-41-39-37-35-33-31-29-27-24-22-20-18-16-14-12-10-8-6-4-2/h5,7,11-14,17-20,23,25,50-51,53-54H,3-4,6,8-10,15-16,21-22,24,26-49H2,1-2H3,(H,56,57)/b7-5-,13-11-,14-12-,19-17-,20-18-,25-23-. The molecule has 360 valence electrons. The molecule has 0 saturated carbocycles. The molecule has 0 aliphatic carbocycles. The Morgan fingerprint density at radius 2 is 0.919 bits per heavy atom. The Morgan fingerprint density at radius 1 is 0.516 bits per heavy atom. The van der Waals surface area contributed by atoms with Crippen LogP contribution in [-0.4, -0.2) is 66.3 Å². The molecule has 0 bridgehead atoms. The minimum absolute atomic E-state index is 0.0409. The van der Waals surface area contributed by atoms with Crippen molar-refractivity contribution in [2.24, 2.45) is 0 Å². The Morgan fingerprint density at radius 3 is 1.39 bits per heavy atom. The predicted octanol–water partition coefficient (Wildman–Crippen LogP) is 14.5. The molecule has 10 heteroatoms. The molecule has 0 fully saturated rings. The van der Waals surface area contributed by atoms with Gasteiger partial charge in [0.05, 0.1) is 26.4 Å². The van der Waals surface area contributed by atoms with Gasteiger partial charge in [0, 0.05) is 13.0 Å². The molecular formula is C52H93O9P. The third-order valence-corrected chi connectivity index (χ3v) is 11.3. The lowest BCUT2D eigenvalue weighted by atomic mass is 10.1. The van der Waals surface area contributed by atoms with E-state index in [1.54, 1.807) is 0 Å². The third kappa shape index (κ3) is 47.4. The number of unbranched alkanes of at least 4 members (excludes halogenated alkanes) is 21. The van der Waals surface area contributed by atoms with Crippen LogP contribution in [-0.2, 0) is 27.9 Å². The molecule has 3 N–H and O–H groups in total. The fraction of sp³-hybridized carbons (Fsp3) is 0.750. The van der Waals surface area contributed by atoms with Crippen molar-refractivity contribution in [2.45, 2.75) is 219 Å². The lowest BCUT2D eigenvalue weighted by Crippen LogP contribution is -2.29. The number of carbonyl (C=O) groups is 1. The number of hydrogen-bond donors (Lipinski definition) is 3. The van der Waals surface area contributed by atoms with Crippen molar-refractivity contribution in [3.63, 3.8) is 0 Å². The monoisotopic (exact) mass is 893 g/mol. The number of carbonyl (C=O) groups excluding carboxylic acids is 1. The molecule has 3 atom stereocenters. The van der Waals surface area contributed by atoms with E-state index >= 15 is 0 Å². The zero-order valence-electron chi connectivity index (χ0n) is 39.6. The number of phosphoric ester groups is 1. The molecule has 0 amide bonds. The number of allylic oxidation sites excluding steroid dienone is 12. The van der Waals surface area contributed by atoms with Gasteiger partial charge in [-0.25, -0.2) is 4.57 Å². The Hall–Kier alpha value is -2.10. The molecule has 0 saturated heterocycles. The van der Waals surface area contributed by atoms with E-state index in [-0.39, 0.29) is 19.6 Å². The molecule has 0 radical (unpaired) electrons. The van der Waals surface area contributed by atoms with Crippen LogP contribution in [0.15, 0.2) is 72.9 Å². The number of aliphatic hydroxyl groups excluding tert-OH is 2. The second-order valence-electron chi connectivity index (χ2n) is 16.4. The minimum Gasteiger partial charge on any atom is -0.457 e. The van der Waals surface area contributed by atoms with Gasteiger partial charge in [-0.15, -0.1) is 0 Å². The van der Waals surface area contributed by atoms with Gasteiger partial charge in [0.25, 0.3) is 0 Å². The highest BCUT2D eigenvalue weighted by Crippen LogP contribution is 2.43. The van der Waals surface area contributed by atoms with E-state index in [4.69, 9.17) is 23.6 Å². The summed E-state index contributed by atoms with van der Waals surface area (Å²) in [4.78, 5) is 22.7. The van der Waals surface area contributed by atoms with Gasteiger partial charge in [-0.1, -0.05) is 189 Å². The number of ether oxygens (including phenoxy) is 2. The minimum atomic E-state index is -4.53. The fourth-order valence-corrected chi connectivity index (χ4v) is 7.40. The van der Waals surface area contributed by atoms with Gasteiger partial charge in [-0.3, -0.25) is 13.8 Å². The smallest absolute Gasteiger partial charge is 0.457 e. The van der Waals surface area contributed by atoms with Crippen molar-refractivity contribution in [1.29, 1.82) is 0 Å². The van der Waals surface area contributed by atoms with Crippen LogP contribution >= 0.6 is 7.82 Å². The first-order valence-corrected chi connectivity index (χ1v) is 26.4. The van der Waals surface area contributed by atoms with Crippen LogP contribution in [0.3, 0.4) is 0 Å². The van der Waals surface area contributed by atoms with E-state index in [0.29, 0.717) is 6.61 Å². The summed E-state index contributed by atoms with van der Waals surface area (Å²) in [6.45, 7) is 3.37. The van der Waals surface area contributed by atoms with Crippen molar-refractivity contribution in [3.05, 3.63) is 72.9 Å². The van der Waals surface area contributed by atoms with Gasteiger partial charge in [0.15, 0.2) is 0 Å². The van der Waals surface area contributed by atoms with Crippen LogP contribution in [0.5, 0.6) is 0 Å². The van der Waals surface area contributed by atoms with Crippen LogP contribution in [0.1, 0.15) is 206 Å². The maximum Gasteiger partial charge on any atom is 0.472 e. The largest absolute Gasteiger partial charge is 0.472 e. The van der Waals surface area contributed by atoms with Gasteiger partial charge in [0.1, 0.15) is 12.2 Å². The molecule has 0 aromatic carbocycles. The molecule has 9 nitrogen and oxygen atoms in total. The fourth-order valence-electron chi connectivity index (χ4n) is 6.61. The average Bonchev–Trinajstić information content (AvgIpc) is 3.26. The molecular weight excluding hydrogens is 800 g/mol. The number of esters is 1. The number of rotatable bonds is 47. The van der Waals surface area contributed by atoms with E-state index in [9.17, 15) is 19.4 Å². The van der Waals surface area contributed by atoms with Crippen molar-refractivity contribution in [1.82, 2.24) is 0 Å². The highest BCUT2D eigenvalue weighted by Gasteiger charge is 2.26. The van der Waals surface area contributed by atoms with E-state index < -0.39 is 39.2 Å². The molecule has 0 aromatic heterocycles. The summed E-state index contributed by atoms with van der Waals surface area (Å²) in [6.07, 6.45) is 58.6. The molecule has 0 aliphatic heterocycles. The predicted molar refractivity (Wildman–Crippen MR) is 260 cm³/mol. The Balaban J connectivity index is 4.12. The first-order chi connectivity index (χ1) is 30.3. The maximum absolute atomic E-state index is 12.7. The summed E-state index contributed by atoms with van der Waals surface area (Å²) in [5.41, 5.74) is 0. The van der Waals surface area contributed by atoms with Crippen molar-refractivity contribution in [3.8, 4) is 0 Å². The molecule has 62 heavy (non-hydrogen) atoms. The van der Waals surface area contributed by atoms with E-state index in [1.165, 1.54) is 103 Å². The summed E-state index contributed by atoms with van der Waals surface area (Å²) in [7, 11) is -4.53. The summed E-state index contributed by atoms with van der Waals surface area (Å²) < 4.78 is 33.5. The highest BCUT2D eigenvalue weighted by molar-refractivity contribution is 7.47. The van der Waals surface area contributed by atoms with Gasteiger partial charge in [-0.2, -0.15) is 0 Å². The zero-order chi connectivity index (χ0) is 45.3. The van der Waals surface area contributed by atoms with Gasteiger partial charge in [0.2, 0.25) is 0 Å². The number of phosphoric acid groups is 1. The Bertz CT molecular complexity index is 1190. The van der Waals surface area contributed by atoms with Gasteiger partial charge < -0.3 is 24.6 Å². The summed E-state index contributed by atoms with van der Waals surface area (Å²) in [5.74, 6) is -0.393. The van der Waals surface area contributed by atoms with Crippen LogP contribution in [0, 0.1) is 0 Å². The molecule has 0 spiro atoms. The van der Waals surface area contributed by atoms with E-state index in [0.717, 1.165) is 83.5 Å². The van der Waals surface area contributed by atoms with Crippen LogP contribution < -0.4 is 0 Å². The third-order valence-electron chi connectivity index (χ3n) is 10.4. The lowest BCUT2D eigenvalue weighted by molar-refractivity contribution is -0.154. The van der Waals surface area contributed by atoms with Crippen molar-refractivity contribution >= 4 is 13.8 Å². The molecule has 0 aromatic rings. The second-order valence-corrected chi connectivity index (χ2v) is 17.9. The van der Waals surface area contributed by atoms with E-state index in [2.05, 4.69) is 86.8 Å². The first kappa shape index (κ1) is 59.9.